The van der Waals surface area contributed by atoms with Crippen molar-refractivity contribution in [3.05, 3.63) is 23.7 Å². The van der Waals surface area contributed by atoms with E-state index in [2.05, 4.69) is 4.90 Å². The van der Waals surface area contributed by atoms with Gasteiger partial charge in [-0.3, -0.25) is 9.69 Å². The molecule has 5 heteroatoms. The average Bonchev–Trinajstić information content (AvgIpc) is 2.94. The number of nitrogens with two attached hydrogens (primary N) is 1. The summed E-state index contributed by atoms with van der Waals surface area (Å²) in [4.78, 5) is 16.5. The molecule has 1 aromatic heterocycles. The van der Waals surface area contributed by atoms with Gasteiger partial charge in [-0.25, -0.2) is 0 Å². The highest BCUT2D eigenvalue weighted by Crippen LogP contribution is 2.13. The maximum absolute atomic E-state index is 12.2. The molecule has 1 aliphatic heterocycles. The average molecular weight is 265 g/mol. The van der Waals surface area contributed by atoms with Gasteiger partial charge in [0.05, 0.1) is 0 Å². The molecule has 1 aliphatic rings. The van der Waals surface area contributed by atoms with E-state index in [0.29, 0.717) is 5.76 Å². The first-order valence-corrected chi connectivity index (χ1v) is 7.05. The van der Waals surface area contributed by atoms with E-state index in [1.54, 1.807) is 6.07 Å². The summed E-state index contributed by atoms with van der Waals surface area (Å²) >= 11 is 0. The molecule has 0 saturated carbocycles. The molecule has 2 rings (SSSR count). The molecule has 1 amide bonds. The van der Waals surface area contributed by atoms with Crippen LogP contribution in [-0.4, -0.2) is 55.0 Å². The van der Waals surface area contributed by atoms with Crippen molar-refractivity contribution in [2.24, 2.45) is 5.73 Å². The minimum absolute atomic E-state index is 0.0122. The van der Waals surface area contributed by atoms with Crippen molar-refractivity contribution in [2.45, 2.75) is 19.8 Å². The Hall–Kier alpha value is -1.33. The van der Waals surface area contributed by atoms with Gasteiger partial charge in [-0.1, -0.05) is 6.92 Å². The number of nitrogens with zero attached hydrogens (tertiary/aromatic N) is 2. The fourth-order valence-electron chi connectivity index (χ4n) is 2.33. The Kier molecular flexibility index (Phi) is 4.99. The number of furan rings is 1. The van der Waals surface area contributed by atoms with Crippen LogP contribution in [0.15, 0.2) is 16.5 Å². The van der Waals surface area contributed by atoms with E-state index in [4.69, 9.17) is 10.2 Å². The normalized spacial score (nSPS) is 16.8. The number of hydrogen-bond donors (Lipinski definition) is 1. The Balaban J connectivity index is 1.85. The van der Waals surface area contributed by atoms with Crippen molar-refractivity contribution in [3.8, 4) is 0 Å². The van der Waals surface area contributed by atoms with Crippen LogP contribution in [-0.2, 0) is 6.42 Å². The maximum Gasteiger partial charge on any atom is 0.289 e. The lowest BCUT2D eigenvalue weighted by Gasteiger charge is -2.34. The summed E-state index contributed by atoms with van der Waals surface area (Å²) in [5.74, 6) is 1.34. The highest BCUT2D eigenvalue weighted by molar-refractivity contribution is 5.91. The predicted octanol–water partition coefficient (Wildman–Crippen LogP) is 0.949. The molecule has 0 bridgehead atoms. The lowest BCUT2D eigenvalue weighted by atomic mass is 10.2. The summed E-state index contributed by atoms with van der Waals surface area (Å²) in [5.41, 5.74) is 5.51. The van der Waals surface area contributed by atoms with Crippen LogP contribution in [0.2, 0.25) is 0 Å². The second kappa shape index (κ2) is 6.73. The molecule has 0 aromatic carbocycles. The van der Waals surface area contributed by atoms with Gasteiger partial charge in [0.15, 0.2) is 5.76 Å². The summed E-state index contributed by atoms with van der Waals surface area (Å²) in [7, 11) is 0. The van der Waals surface area contributed by atoms with Crippen LogP contribution in [0.25, 0.3) is 0 Å². The highest BCUT2D eigenvalue weighted by Gasteiger charge is 2.23. The van der Waals surface area contributed by atoms with Crippen molar-refractivity contribution in [3.63, 3.8) is 0 Å². The molecule has 2 heterocycles. The van der Waals surface area contributed by atoms with Crippen molar-refractivity contribution in [1.29, 1.82) is 0 Å². The van der Waals surface area contributed by atoms with Crippen molar-refractivity contribution in [2.75, 3.05) is 39.3 Å². The van der Waals surface area contributed by atoms with Crippen LogP contribution < -0.4 is 5.73 Å². The Morgan fingerprint density at radius 2 is 2.05 bits per heavy atom. The smallest absolute Gasteiger partial charge is 0.289 e. The summed E-state index contributed by atoms with van der Waals surface area (Å²) in [6.07, 6.45) is 1.84. The molecule has 19 heavy (non-hydrogen) atoms. The topological polar surface area (TPSA) is 62.7 Å². The number of amides is 1. The zero-order valence-corrected chi connectivity index (χ0v) is 11.6. The van der Waals surface area contributed by atoms with E-state index in [1.165, 1.54) is 0 Å². The zero-order chi connectivity index (χ0) is 13.7. The first-order chi connectivity index (χ1) is 9.24. The van der Waals surface area contributed by atoms with Gasteiger partial charge in [-0.15, -0.1) is 0 Å². The molecule has 1 fully saturated rings. The largest absolute Gasteiger partial charge is 0.456 e. The second-order valence-corrected chi connectivity index (χ2v) is 4.90. The van der Waals surface area contributed by atoms with Gasteiger partial charge in [0.25, 0.3) is 5.91 Å². The maximum atomic E-state index is 12.2. The van der Waals surface area contributed by atoms with E-state index in [0.717, 1.165) is 57.9 Å². The number of piperazine rings is 1. The molecule has 0 radical (unpaired) electrons. The first-order valence-electron chi connectivity index (χ1n) is 7.05. The Morgan fingerprint density at radius 1 is 1.32 bits per heavy atom. The van der Waals surface area contributed by atoms with E-state index in [9.17, 15) is 4.79 Å². The molecule has 106 valence electrons. The molecule has 0 spiro atoms. The molecule has 0 aliphatic carbocycles. The van der Waals surface area contributed by atoms with Gasteiger partial charge < -0.3 is 15.1 Å². The fourth-order valence-corrected chi connectivity index (χ4v) is 2.33. The molecular weight excluding hydrogens is 242 g/mol. The third kappa shape index (κ3) is 3.58. The van der Waals surface area contributed by atoms with Gasteiger partial charge in [-0.2, -0.15) is 0 Å². The summed E-state index contributed by atoms with van der Waals surface area (Å²) in [6, 6.07) is 3.66. The third-order valence-electron chi connectivity index (χ3n) is 3.56. The number of carbonyl (C=O) groups excluding carboxylic acids is 1. The first kappa shape index (κ1) is 14.1. The van der Waals surface area contributed by atoms with Crippen LogP contribution in [0.5, 0.6) is 0 Å². The Morgan fingerprint density at radius 3 is 2.63 bits per heavy atom. The van der Waals surface area contributed by atoms with Gasteiger partial charge in [0, 0.05) is 32.6 Å². The minimum atomic E-state index is 0.0122. The van der Waals surface area contributed by atoms with E-state index < -0.39 is 0 Å². The quantitative estimate of drug-likeness (QED) is 0.861. The van der Waals surface area contributed by atoms with Gasteiger partial charge in [0.1, 0.15) is 5.76 Å². The standard InChI is InChI=1S/C14H23N3O2/c1-2-12-4-5-13(19-12)14(18)17-10-8-16(9-11-17)7-3-6-15/h4-5H,2-3,6-11,15H2,1H3. The molecule has 1 aromatic rings. The number of hydrogen-bond acceptors (Lipinski definition) is 4. The predicted molar refractivity (Wildman–Crippen MR) is 74.1 cm³/mol. The third-order valence-corrected chi connectivity index (χ3v) is 3.56. The van der Waals surface area contributed by atoms with Crippen LogP contribution in [0.3, 0.4) is 0 Å². The molecular formula is C14H23N3O2. The SMILES string of the molecule is CCc1ccc(C(=O)N2CCN(CCCN)CC2)o1. The van der Waals surface area contributed by atoms with Gasteiger partial charge >= 0.3 is 0 Å². The summed E-state index contributed by atoms with van der Waals surface area (Å²) in [5, 5.41) is 0. The lowest BCUT2D eigenvalue weighted by molar-refractivity contribution is 0.0604. The molecule has 0 unspecified atom stereocenters. The second-order valence-electron chi connectivity index (χ2n) is 4.90. The van der Waals surface area contributed by atoms with Gasteiger partial charge in [0.2, 0.25) is 0 Å². The Labute approximate surface area is 114 Å². The highest BCUT2D eigenvalue weighted by atomic mass is 16.4. The summed E-state index contributed by atoms with van der Waals surface area (Å²) in [6.45, 7) is 7.16. The molecule has 5 nitrogen and oxygen atoms in total. The number of rotatable bonds is 5. The Bertz CT molecular complexity index is 409. The minimum Gasteiger partial charge on any atom is -0.456 e. The van der Waals surface area contributed by atoms with Crippen molar-refractivity contribution < 1.29 is 9.21 Å². The number of carbonyl (C=O) groups is 1. The molecule has 2 N–H and O–H groups in total. The lowest BCUT2D eigenvalue weighted by Crippen LogP contribution is -2.49. The van der Waals surface area contributed by atoms with Crippen LogP contribution >= 0.6 is 0 Å². The van der Waals surface area contributed by atoms with Crippen molar-refractivity contribution >= 4 is 5.91 Å². The van der Waals surface area contributed by atoms with Crippen LogP contribution in [0.4, 0.5) is 0 Å². The fraction of sp³-hybridized carbons (Fsp3) is 0.643. The molecule has 1 saturated heterocycles. The zero-order valence-electron chi connectivity index (χ0n) is 11.6. The van der Waals surface area contributed by atoms with Crippen LogP contribution in [0, 0.1) is 0 Å². The van der Waals surface area contributed by atoms with E-state index in [-0.39, 0.29) is 5.91 Å². The monoisotopic (exact) mass is 265 g/mol. The van der Waals surface area contributed by atoms with E-state index in [1.807, 2.05) is 17.9 Å². The van der Waals surface area contributed by atoms with Gasteiger partial charge in [-0.05, 0) is 31.6 Å². The van der Waals surface area contributed by atoms with E-state index >= 15 is 0 Å². The molecule has 0 atom stereocenters. The number of aryl methyl sites for hydroxylation is 1. The van der Waals surface area contributed by atoms with Crippen molar-refractivity contribution in [1.82, 2.24) is 9.80 Å². The summed E-state index contributed by atoms with van der Waals surface area (Å²) < 4.78 is 5.52. The van der Waals surface area contributed by atoms with Crippen LogP contribution in [0.1, 0.15) is 29.7 Å².